The van der Waals surface area contributed by atoms with Crippen molar-refractivity contribution in [1.29, 1.82) is 0 Å². The van der Waals surface area contributed by atoms with Gasteiger partial charge in [-0.05, 0) is 37.3 Å². The van der Waals surface area contributed by atoms with E-state index in [2.05, 4.69) is 22.5 Å². The van der Waals surface area contributed by atoms with Gasteiger partial charge in [0, 0.05) is 12.2 Å². The largest absolute Gasteiger partial charge is 0.479 e. The Balaban J connectivity index is 2.09. The van der Waals surface area contributed by atoms with E-state index in [1.165, 1.54) is 0 Å². The molecule has 1 aliphatic heterocycles. The fourth-order valence-corrected chi connectivity index (χ4v) is 1.83. The van der Waals surface area contributed by atoms with Crippen LogP contribution < -0.4 is 20.7 Å². The number of carbonyl (C=O) groups is 1. The summed E-state index contributed by atoms with van der Waals surface area (Å²) >= 11 is 5.11. The number of ether oxygens (including phenoxy) is 1. The van der Waals surface area contributed by atoms with Crippen LogP contribution in [0.25, 0.3) is 0 Å². The molecule has 0 saturated heterocycles. The predicted molar refractivity (Wildman–Crippen MR) is 79.6 cm³/mol. The first-order chi connectivity index (χ1) is 9.10. The summed E-state index contributed by atoms with van der Waals surface area (Å²) in [6.07, 6.45) is 1.25. The van der Waals surface area contributed by atoms with Gasteiger partial charge in [0.15, 0.2) is 11.2 Å². The van der Waals surface area contributed by atoms with E-state index in [1.54, 1.807) is 25.1 Å². The second-order valence-corrected chi connectivity index (χ2v) is 4.49. The second-order valence-electron chi connectivity index (χ2n) is 4.08. The Labute approximate surface area is 117 Å². The Kier molecular flexibility index (Phi) is 4.01. The Morgan fingerprint density at radius 3 is 3.16 bits per heavy atom. The van der Waals surface area contributed by atoms with Crippen LogP contribution in [0, 0.1) is 0 Å². The number of fused-ring (bicyclic) bond motifs is 1. The van der Waals surface area contributed by atoms with Crippen molar-refractivity contribution in [3.05, 3.63) is 30.9 Å². The van der Waals surface area contributed by atoms with Crippen LogP contribution in [0.1, 0.15) is 6.92 Å². The first-order valence-electron chi connectivity index (χ1n) is 5.87. The fraction of sp³-hybridized carbons (Fsp3) is 0.231. The smallest absolute Gasteiger partial charge is 0.265 e. The second kappa shape index (κ2) is 5.71. The molecule has 5 nitrogen and oxygen atoms in total. The molecule has 0 aromatic heterocycles. The average molecular weight is 277 g/mol. The van der Waals surface area contributed by atoms with Crippen molar-refractivity contribution < 1.29 is 9.53 Å². The molecule has 0 unspecified atom stereocenters. The molecule has 2 rings (SSSR count). The van der Waals surface area contributed by atoms with E-state index in [0.717, 1.165) is 5.69 Å². The maximum Gasteiger partial charge on any atom is 0.265 e. The molecule has 1 aliphatic rings. The molecule has 0 radical (unpaired) electrons. The number of hydrogen-bond donors (Lipinski definition) is 3. The third-order valence-corrected chi connectivity index (χ3v) is 2.82. The quantitative estimate of drug-likeness (QED) is 0.581. The van der Waals surface area contributed by atoms with Crippen molar-refractivity contribution >= 4 is 34.6 Å². The van der Waals surface area contributed by atoms with Gasteiger partial charge in [-0.1, -0.05) is 6.08 Å². The van der Waals surface area contributed by atoms with Crippen molar-refractivity contribution in [3.63, 3.8) is 0 Å². The van der Waals surface area contributed by atoms with Crippen LogP contribution in [-0.4, -0.2) is 23.7 Å². The number of anilines is 2. The maximum absolute atomic E-state index is 11.5. The highest BCUT2D eigenvalue weighted by Gasteiger charge is 2.23. The summed E-state index contributed by atoms with van der Waals surface area (Å²) in [4.78, 5) is 11.5. The van der Waals surface area contributed by atoms with E-state index in [0.29, 0.717) is 23.1 Å². The number of thiocarbonyl (C=S) groups is 1. The molecule has 1 atom stereocenters. The minimum absolute atomic E-state index is 0.156. The highest BCUT2D eigenvalue weighted by Crippen LogP contribution is 2.32. The van der Waals surface area contributed by atoms with Crippen LogP contribution in [0.5, 0.6) is 5.75 Å². The van der Waals surface area contributed by atoms with Crippen molar-refractivity contribution in [1.82, 2.24) is 5.32 Å². The summed E-state index contributed by atoms with van der Waals surface area (Å²) in [7, 11) is 0. The van der Waals surface area contributed by atoms with E-state index in [9.17, 15) is 4.79 Å². The zero-order valence-corrected chi connectivity index (χ0v) is 11.3. The molecule has 1 amide bonds. The lowest BCUT2D eigenvalue weighted by Gasteiger charge is -2.23. The van der Waals surface area contributed by atoms with Crippen molar-refractivity contribution in [2.45, 2.75) is 13.0 Å². The van der Waals surface area contributed by atoms with Crippen LogP contribution in [0.15, 0.2) is 30.9 Å². The Morgan fingerprint density at radius 2 is 2.42 bits per heavy atom. The normalized spacial score (nSPS) is 16.7. The molecule has 100 valence electrons. The lowest BCUT2D eigenvalue weighted by Crippen LogP contribution is -2.34. The molecular weight excluding hydrogens is 262 g/mol. The highest BCUT2D eigenvalue weighted by atomic mass is 32.1. The molecule has 6 heteroatoms. The number of hydrogen-bond acceptors (Lipinski definition) is 3. The van der Waals surface area contributed by atoms with Crippen LogP contribution >= 0.6 is 12.2 Å². The molecule has 0 spiro atoms. The Hall–Kier alpha value is -2.08. The van der Waals surface area contributed by atoms with Crippen LogP contribution in [0.3, 0.4) is 0 Å². The average Bonchev–Trinajstić information content (AvgIpc) is 2.38. The lowest BCUT2D eigenvalue weighted by atomic mass is 10.2. The molecule has 0 saturated carbocycles. The van der Waals surface area contributed by atoms with Gasteiger partial charge >= 0.3 is 0 Å². The summed E-state index contributed by atoms with van der Waals surface area (Å²) in [5.74, 6) is 0.500. The molecule has 0 bridgehead atoms. The number of benzene rings is 1. The number of carbonyl (C=O) groups excluding carboxylic acids is 1. The minimum atomic E-state index is -0.471. The molecule has 0 aliphatic carbocycles. The van der Waals surface area contributed by atoms with Gasteiger partial charge in [0.2, 0.25) is 0 Å². The predicted octanol–water partition coefficient (Wildman–Crippen LogP) is 1.88. The van der Waals surface area contributed by atoms with E-state index >= 15 is 0 Å². The van der Waals surface area contributed by atoms with Gasteiger partial charge < -0.3 is 20.7 Å². The topological polar surface area (TPSA) is 62.4 Å². The van der Waals surface area contributed by atoms with Gasteiger partial charge in [-0.2, -0.15) is 0 Å². The van der Waals surface area contributed by atoms with Gasteiger partial charge in [-0.3, -0.25) is 4.79 Å². The molecule has 19 heavy (non-hydrogen) atoms. The number of rotatable bonds is 3. The molecule has 1 aromatic carbocycles. The molecular formula is C13H15N3O2S. The SMILES string of the molecule is C=CCNC(=S)Nc1ccc2c(c1)NC(=O)[C@@H](C)O2. The zero-order valence-electron chi connectivity index (χ0n) is 10.5. The third kappa shape index (κ3) is 3.23. The monoisotopic (exact) mass is 277 g/mol. The van der Waals surface area contributed by atoms with Crippen molar-refractivity contribution in [2.75, 3.05) is 17.2 Å². The summed E-state index contributed by atoms with van der Waals surface area (Å²) in [5.41, 5.74) is 1.42. The van der Waals surface area contributed by atoms with Crippen LogP contribution in [-0.2, 0) is 4.79 Å². The molecule has 3 N–H and O–H groups in total. The molecule has 0 fully saturated rings. The van der Waals surface area contributed by atoms with Crippen LogP contribution in [0.4, 0.5) is 11.4 Å². The molecule has 1 heterocycles. The van der Waals surface area contributed by atoms with Gasteiger partial charge in [-0.25, -0.2) is 0 Å². The van der Waals surface area contributed by atoms with Crippen molar-refractivity contribution in [3.8, 4) is 5.75 Å². The van der Waals surface area contributed by atoms with E-state index in [4.69, 9.17) is 17.0 Å². The van der Waals surface area contributed by atoms with E-state index in [-0.39, 0.29) is 5.91 Å². The summed E-state index contributed by atoms with van der Waals surface area (Å²) in [6, 6.07) is 5.41. The number of amides is 1. The third-order valence-electron chi connectivity index (χ3n) is 2.58. The summed E-state index contributed by atoms with van der Waals surface area (Å²) < 4.78 is 5.47. The minimum Gasteiger partial charge on any atom is -0.479 e. The summed E-state index contributed by atoms with van der Waals surface area (Å²) in [6.45, 7) is 5.90. The maximum atomic E-state index is 11.5. The Bertz CT molecular complexity index is 531. The summed E-state index contributed by atoms with van der Waals surface area (Å²) in [5, 5.41) is 9.26. The lowest BCUT2D eigenvalue weighted by molar-refractivity contribution is -0.122. The van der Waals surface area contributed by atoms with Crippen molar-refractivity contribution in [2.24, 2.45) is 0 Å². The van der Waals surface area contributed by atoms with E-state index in [1.807, 2.05) is 6.07 Å². The first kappa shape index (κ1) is 13.4. The first-order valence-corrected chi connectivity index (χ1v) is 6.28. The number of nitrogens with one attached hydrogen (secondary N) is 3. The zero-order chi connectivity index (χ0) is 13.8. The highest BCUT2D eigenvalue weighted by molar-refractivity contribution is 7.80. The van der Waals surface area contributed by atoms with Crippen LogP contribution in [0.2, 0.25) is 0 Å². The van der Waals surface area contributed by atoms with Gasteiger partial charge in [0.1, 0.15) is 5.75 Å². The van der Waals surface area contributed by atoms with E-state index < -0.39 is 6.10 Å². The van der Waals surface area contributed by atoms with Gasteiger partial charge in [0.05, 0.1) is 5.69 Å². The van der Waals surface area contributed by atoms with Gasteiger partial charge in [0.25, 0.3) is 5.91 Å². The standard InChI is InChI=1S/C13H15N3O2S/c1-3-6-14-13(19)15-9-4-5-11-10(7-9)16-12(17)8(2)18-11/h3-5,7-8H,1,6H2,2H3,(H,16,17)(H2,14,15,19)/t8-/m1/s1. The fourth-order valence-electron chi connectivity index (χ4n) is 1.63. The van der Waals surface area contributed by atoms with Gasteiger partial charge in [-0.15, -0.1) is 6.58 Å². The Morgan fingerprint density at radius 1 is 1.63 bits per heavy atom. The molecule has 1 aromatic rings.